The monoisotopic (exact) mass is 343 g/mol. The molecule has 2 heterocycles. The highest BCUT2D eigenvalue weighted by Gasteiger charge is 2.53. The van der Waals surface area contributed by atoms with E-state index in [1.807, 2.05) is 6.07 Å². The number of β-lactam (4-membered cyclic amide) rings is 1. The number of carboxylic acids is 1. The topological polar surface area (TPSA) is 111 Å². The molecule has 0 bridgehead atoms. The van der Waals surface area contributed by atoms with Gasteiger partial charge in [0.15, 0.2) is 0 Å². The van der Waals surface area contributed by atoms with Crippen molar-refractivity contribution in [1.29, 1.82) is 5.26 Å². The van der Waals surface area contributed by atoms with Gasteiger partial charge in [-0.05, 0) is 11.6 Å². The van der Waals surface area contributed by atoms with E-state index in [0.717, 1.165) is 0 Å². The van der Waals surface area contributed by atoms with Crippen LogP contribution in [-0.4, -0.2) is 45.0 Å². The van der Waals surface area contributed by atoms with Crippen LogP contribution in [0.4, 0.5) is 0 Å². The average Bonchev–Trinajstić information content (AvgIpc) is 2.60. The van der Waals surface area contributed by atoms with Crippen molar-refractivity contribution in [2.45, 2.75) is 17.3 Å². The van der Waals surface area contributed by atoms with Crippen molar-refractivity contribution < 1.29 is 19.5 Å². The third-order valence-electron chi connectivity index (χ3n) is 3.89. The van der Waals surface area contributed by atoms with E-state index in [-0.39, 0.29) is 5.70 Å². The summed E-state index contributed by atoms with van der Waals surface area (Å²) in [4.78, 5) is 36.9. The Morgan fingerprint density at radius 3 is 2.71 bits per heavy atom. The molecule has 3 rings (SSSR count). The van der Waals surface area contributed by atoms with Crippen LogP contribution in [0.5, 0.6) is 0 Å². The molecule has 1 aromatic rings. The van der Waals surface area contributed by atoms with Gasteiger partial charge in [-0.3, -0.25) is 14.5 Å². The first-order chi connectivity index (χ1) is 11.5. The van der Waals surface area contributed by atoms with Crippen molar-refractivity contribution in [2.75, 3.05) is 5.75 Å². The van der Waals surface area contributed by atoms with E-state index in [0.29, 0.717) is 11.3 Å². The normalized spacial score (nSPS) is 23.2. The molecule has 0 saturated carbocycles. The second-order valence-corrected chi connectivity index (χ2v) is 6.44. The number of hydrogen-bond donors (Lipinski definition) is 2. The molecule has 2 N–H and O–H groups in total. The number of nitrogens with one attached hydrogen (secondary N) is 1. The van der Waals surface area contributed by atoms with Crippen LogP contribution in [0.3, 0.4) is 0 Å². The van der Waals surface area contributed by atoms with Gasteiger partial charge < -0.3 is 10.4 Å². The highest BCUT2D eigenvalue weighted by Crippen LogP contribution is 2.37. The van der Waals surface area contributed by atoms with Crippen LogP contribution in [0.25, 0.3) is 0 Å². The fourth-order valence-electron chi connectivity index (χ4n) is 2.70. The summed E-state index contributed by atoms with van der Waals surface area (Å²) in [6.45, 7) is 0. The number of carbonyl (C=O) groups excluding carboxylic acids is 2. The fraction of sp³-hybridized carbons (Fsp3) is 0.250. The van der Waals surface area contributed by atoms with Gasteiger partial charge in [-0.25, -0.2) is 4.79 Å². The van der Waals surface area contributed by atoms with E-state index >= 15 is 0 Å². The molecular weight excluding hydrogens is 330 g/mol. The van der Waals surface area contributed by atoms with Crippen molar-refractivity contribution >= 4 is 29.5 Å². The molecule has 2 aliphatic heterocycles. The van der Waals surface area contributed by atoms with Crippen molar-refractivity contribution in [2.24, 2.45) is 0 Å². The number of nitriles is 1. The zero-order chi connectivity index (χ0) is 17.3. The highest BCUT2D eigenvalue weighted by molar-refractivity contribution is 8.00. The Balaban J connectivity index is 1.73. The van der Waals surface area contributed by atoms with Crippen LogP contribution in [0.15, 0.2) is 42.1 Å². The number of carboxylic acid groups (broad SMARTS) is 1. The highest BCUT2D eigenvalue weighted by atomic mass is 32.2. The molecule has 2 aliphatic rings. The van der Waals surface area contributed by atoms with Crippen molar-refractivity contribution in [3.05, 3.63) is 47.7 Å². The molecule has 2 amide bonds. The first-order valence-corrected chi connectivity index (χ1v) is 8.22. The van der Waals surface area contributed by atoms with Crippen LogP contribution in [0.2, 0.25) is 0 Å². The Hall–Kier alpha value is -2.79. The number of rotatable bonds is 4. The number of fused-ring (bicyclic) bond motifs is 1. The van der Waals surface area contributed by atoms with Gasteiger partial charge in [0.05, 0.1) is 6.07 Å². The third kappa shape index (κ3) is 2.63. The average molecular weight is 343 g/mol. The number of carbonyl (C=O) groups is 3. The minimum atomic E-state index is -1.17. The van der Waals surface area contributed by atoms with Crippen LogP contribution < -0.4 is 5.32 Å². The Bertz CT molecular complexity index is 771. The van der Waals surface area contributed by atoms with Crippen LogP contribution in [0, 0.1) is 11.3 Å². The maximum Gasteiger partial charge on any atom is 0.352 e. The summed E-state index contributed by atoms with van der Waals surface area (Å²) < 4.78 is 0. The molecule has 1 fully saturated rings. The minimum Gasteiger partial charge on any atom is -0.477 e. The number of benzene rings is 1. The summed E-state index contributed by atoms with van der Waals surface area (Å²) in [5, 5.41) is 20.5. The van der Waals surface area contributed by atoms with Gasteiger partial charge in [0.1, 0.15) is 23.0 Å². The van der Waals surface area contributed by atoms with Gasteiger partial charge in [-0.2, -0.15) is 5.26 Å². The molecule has 8 heteroatoms. The minimum absolute atomic E-state index is 0.0610. The number of aliphatic carboxylic acids is 1. The summed E-state index contributed by atoms with van der Waals surface area (Å²) in [5.74, 6) is -2.77. The number of hydrogen-bond acceptors (Lipinski definition) is 5. The molecule has 1 saturated heterocycles. The summed E-state index contributed by atoms with van der Waals surface area (Å²) in [6.07, 6.45) is 1.47. The van der Waals surface area contributed by atoms with Crippen molar-refractivity contribution in [3.63, 3.8) is 0 Å². The third-order valence-corrected chi connectivity index (χ3v) is 5.07. The van der Waals surface area contributed by atoms with Gasteiger partial charge >= 0.3 is 5.97 Å². The van der Waals surface area contributed by atoms with E-state index in [1.54, 1.807) is 30.3 Å². The molecule has 0 spiro atoms. The lowest BCUT2D eigenvalue weighted by atomic mass is 9.98. The Kier molecular flexibility index (Phi) is 4.27. The molecular formula is C16H13N3O4S. The predicted molar refractivity (Wildman–Crippen MR) is 85.5 cm³/mol. The summed E-state index contributed by atoms with van der Waals surface area (Å²) in [7, 11) is 0. The quantitative estimate of drug-likeness (QED) is 0.777. The van der Waals surface area contributed by atoms with Crippen molar-refractivity contribution in [3.8, 4) is 6.07 Å². The second-order valence-electron chi connectivity index (χ2n) is 5.29. The Morgan fingerprint density at radius 2 is 2.08 bits per heavy atom. The summed E-state index contributed by atoms with van der Waals surface area (Å²) in [6, 6.07) is 9.69. The predicted octanol–water partition coefficient (Wildman–Crippen LogP) is 0.662. The summed E-state index contributed by atoms with van der Waals surface area (Å²) in [5.41, 5.74) is 0.484. The first-order valence-electron chi connectivity index (χ1n) is 7.17. The summed E-state index contributed by atoms with van der Waals surface area (Å²) >= 11 is 1.37. The van der Waals surface area contributed by atoms with Gasteiger partial charge in [0.2, 0.25) is 5.91 Å². The zero-order valence-electron chi connectivity index (χ0n) is 12.4. The van der Waals surface area contributed by atoms with E-state index in [2.05, 4.69) is 5.32 Å². The van der Waals surface area contributed by atoms with Crippen LogP contribution in [0.1, 0.15) is 11.5 Å². The molecule has 1 unspecified atom stereocenters. The first kappa shape index (κ1) is 16.1. The molecule has 7 nitrogen and oxygen atoms in total. The maximum atomic E-state index is 12.4. The molecule has 0 aromatic heterocycles. The molecule has 1 aromatic carbocycles. The maximum absolute atomic E-state index is 12.4. The lowest BCUT2D eigenvalue weighted by molar-refractivity contribution is -0.150. The Labute approximate surface area is 141 Å². The van der Waals surface area contributed by atoms with E-state index in [4.69, 9.17) is 5.11 Å². The second kappa shape index (κ2) is 6.37. The number of amides is 2. The molecule has 24 heavy (non-hydrogen) atoms. The molecule has 122 valence electrons. The Morgan fingerprint density at radius 1 is 1.38 bits per heavy atom. The standard InChI is InChI=1S/C16H13N3O4S/c17-8-10(9-4-2-1-3-5-9)13(20)18-12-14(21)19-11(16(22)23)6-7-24-15(12)19/h1-6,10,12,15H,7H2,(H,18,20)(H,22,23)/t10?,12-,15+/m1/s1. The van der Waals surface area contributed by atoms with Crippen molar-refractivity contribution in [1.82, 2.24) is 10.2 Å². The van der Waals surface area contributed by atoms with E-state index in [1.165, 1.54) is 22.7 Å². The smallest absolute Gasteiger partial charge is 0.352 e. The van der Waals surface area contributed by atoms with Gasteiger partial charge in [0, 0.05) is 5.75 Å². The van der Waals surface area contributed by atoms with E-state index < -0.39 is 35.1 Å². The van der Waals surface area contributed by atoms with E-state index in [9.17, 15) is 19.6 Å². The molecule has 0 radical (unpaired) electrons. The fourth-order valence-corrected chi connectivity index (χ4v) is 3.90. The number of thioether (sulfide) groups is 1. The SMILES string of the molecule is N#CC(C(=O)N[C@@H]1C(=O)N2C(C(=O)O)=CCS[C@@H]12)c1ccccc1. The zero-order valence-corrected chi connectivity index (χ0v) is 13.2. The molecule has 0 aliphatic carbocycles. The number of nitrogens with zero attached hydrogens (tertiary/aromatic N) is 2. The lowest BCUT2D eigenvalue weighted by Gasteiger charge is -2.48. The van der Waals surface area contributed by atoms with Gasteiger partial charge in [-0.15, -0.1) is 11.8 Å². The lowest BCUT2D eigenvalue weighted by Crippen LogP contribution is -2.70. The largest absolute Gasteiger partial charge is 0.477 e. The van der Waals surface area contributed by atoms with Gasteiger partial charge in [-0.1, -0.05) is 30.3 Å². The molecule has 3 atom stereocenters. The van der Waals surface area contributed by atoms with Crippen LogP contribution >= 0.6 is 11.8 Å². The van der Waals surface area contributed by atoms with Crippen LogP contribution in [-0.2, 0) is 14.4 Å². The van der Waals surface area contributed by atoms with Gasteiger partial charge in [0.25, 0.3) is 5.91 Å².